The molecule has 1 aliphatic heterocycles. The number of rotatable bonds is 0. The lowest BCUT2D eigenvalue weighted by Crippen LogP contribution is -2.25. The van der Waals surface area contributed by atoms with Crippen LogP contribution in [0.15, 0.2) is 0 Å². The van der Waals surface area contributed by atoms with Gasteiger partial charge >= 0.3 is 0 Å². The van der Waals surface area contributed by atoms with Crippen LogP contribution in [0.1, 0.15) is 32.1 Å². The summed E-state index contributed by atoms with van der Waals surface area (Å²) >= 11 is 0. The molecule has 60 valence electrons. The monoisotopic (exact) mass is 163 g/mol. The first-order chi connectivity index (χ1) is 4.39. The van der Waals surface area contributed by atoms with Gasteiger partial charge in [0.15, 0.2) is 0 Å². The Morgan fingerprint density at radius 1 is 1.10 bits per heavy atom. The zero-order valence-electron chi connectivity index (χ0n) is 6.06. The van der Waals surface area contributed by atoms with Crippen molar-refractivity contribution in [2.45, 2.75) is 32.1 Å². The maximum atomic E-state index is 10.7. The highest BCUT2D eigenvalue weighted by Gasteiger charge is 2.02. The van der Waals surface area contributed by atoms with Crippen molar-refractivity contribution in [2.75, 3.05) is 6.54 Å². The Hall–Kier alpha value is -0.240. The highest BCUT2D eigenvalue weighted by molar-refractivity contribution is 5.85. The number of carbonyl (C=O) groups excluding carboxylic acids is 1. The Morgan fingerprint density at radius 2 is 1.80 bits per heavy atom. The molecule has 3 heteroatoms. The summed E-state index contributed by atoms with van der Waals surface area (Å²) in [5.74, 6) is 0.231. The van der Waals surface area contributed by atoms with Gasteiger partial charge in [-0.2, -0.15) is 0 Å². The van der Waals surface area contributed by atoms with Crippen LogP contribution >= 0.6 is 12.4 Å². The van der Waals surface area contributed by atoms with E-state index in [1.165, 1.54) is 12.8 Å². The maximum Gasteiger partial charge on any atom is 0.219 e. The minimum Gasteiger partial charge on any atom is -0.356 e. The molecule has 0 aliphatic carbocycles. The van der Waals surface area contributed by atoms with E-state index >= 15 is 0 Å². The molecule has 1 saturated heterocycles. The van der Waals surface area contributed by atoms with Crippen LogP contribution in [0.4, 0.5) is 0 Å². The van der Waals surface area contributed by atoms with E-state index in [2.05, 4.69) is 5.32 Å². The van der Waals surface area contributed by atoms with Gasteiger partial charge in [0.1, 0.15) is 0 Å². The number of amides is 1. The topological polar surface area (TPSA) is 29.1 Å². The second-order valence-electron chi connectivity index (χ2n) is 2.51. The summed E-state index contributed by atoms with van der Waals surface area (Å²) < 4.78 is 0. The lowest BCUT2D eigenvalue weighted by Gasteiger charge is -2.08. The third-order valence-corrected chi connectivity index (χ3v) is 1.65. The van der Waals surface area contributed by atoms with Crippen LogP contribution in [-0.2, 0) is 4.79 Å². The summed E-state index contributed by atoms with van der Waals surface area (Å²) in [6.07, 6.45) is 5.48. The third-order valence-electron chi connectivity index (χ3n) is 1.65. The lowest BCUT2D eigenvalue weighted by atomic mass is 10.1. The molecule has 1 fully saturated rings. The molecule has 0 unspecified atom stereocenters. The zero-order valence-corrected chi connectivity index (χ0v) is 6.88. The van der Waals surface area contributed by atoms with E-state index < -0.39 is 0 Å². The lowest BCUT2D eigenvalue weighted by molar-refractivity contribution is -0.121. The molecule has 0 aromatic rings. The van der Waals surface area contributed by atoms with Crippen molar-refractivity contribution in [2.24, 2.45) is 0 Å². The molecule has 0 aromatic carbocycles. The van der Waals surface area contributed by atoms with Gasteiger partial charge in [-0.05, 0) is 12.8 Å². The quantitative estimate of drug-likeness (QED) is 0.576. The standard InChI is InChI=1S/C7H13NO.ClH/c9-7-5-3-1-2-4-6-8-7;/h1-6H2,(H,8,9);1H. The summed E-state index contributed by atoms with van der Waals surface area (Å²) in [5, 5.41) is 2.85. The number of carbonyl (C=O) groups is 1. The predicted molar refractivity (Wildman–Crippen MR) is 43.3 cm³/mol. The van der Waals surface area contributed by atoms with Gasteiger partial charge in [0.05, 0.1) is 0 Å². The largest absolute Gasteiger partial charge is 0.356 e. The number of nitrogens with one attached hydrogen (secondary N) is 1. The molecule has 1 heterocycles. The van der Waals surface area contributed by atoms with Crippen LogP contribution < -0.4 is 5.32 Å². The van der Waals surface area contributed by atoms with Crippen LogP contribution in [0.2, 0.25) is 0 Å². The van der Waals surface area contributed by atoms with Crippen LogP contribution in [0.3, 0.4) is 0 Å². The first kappa shape index (κ1) is 9.76. The van der Waals surface area contributed by atoms with Crippen LogP contribution in [0.25, 0.3) is 0 Å². The minimum atomic E-state index is 0. The van der Waals surface area contributed by atoms with Crippen molar-refractivity contribution in [1.82, 2.24) is 5.32 Å². The SMILES string of the molecule is Cl.O=C1CCCCCCN1. The van der Waals surface area contributed by atoms with Gasteiger partial charge in [0.2, 0.25) is 5.91 Å². The van der Waals surface area contributed by atoms with Gasteiger partial charge < -0.3 is 5.32 Å². The molecule has 0 aromatic heterocycles. The second kappa shape index (κ2) is 5.54. The van der Waals surface area contributed by atoms with E-state index in [-0.39, 0.29) is 18.3 Å². The molecule has 0 spiro atoms. The highest BCUT2D eigenvalue weighted by atomic mass is 35.5. The Morgan fingerprint density at radius 3 is 2.60 bits per heavy atom. The first-order valence-corrected chi connectivity index (χ1v) is 3.66. The van der Waals surface area contributed by atoms with Gasteiger partial charge in [-0.1, -0.05) is 12.8 Å². The molecule has 1 N–H and O–H groups in total. The van der Waals surface area contributed by atoms with Crippen molar-refractivity contribution >= 4 is 18.3 Å². The molecule has 1 rings (SSSR count). The molecule has 0 radical (unpaired) electrons. The average molecular weight is 164 g/mol. The van der Waals surface area contributed by atoms with Gasteiger partial charge in [0, 0.05) is 13.0 Å². The van der Waals surface area contributed by atoms with Crippen LogP contribution in [-0.4, -0.2) is 12.5 Å². The van der Waals surface area contributed by atoms with Crippen molar-refractivity contribution in [3.8, 4) is 0 Å². The maximum absolute atomic E-state index is 10.7. The Labute approximate surface area is 67.8 Å². The van der Waals surface area contributed by atoms with Crippen LogP contribution in [0.5, 0.6) is 0 Å². The highest BCUT2D eigenvalue weighted by Crippen LogP contribution is 2.04. The van der Waals surface area contributed by atoms with Crippen molar-refractivity contribution < 1.29 is 4.79 Å². The average Bonchev–Trinajstić information content (AvgIpc) is 1.79. The third kappa shape index (κ3) is 3.72. The summed E-state index contributed by atoms with van der Waals surface area (Å²) in [5.41, 5.74) is 0. The van der Waals surface area contributed by atoms with E-state index in [0.717, 1.165) is 25.8 Å². The fourth-order valence-electron chi connectivity index (χ4n) is 1.08. The predicted octanol–water partition coefficient (Wildman–Crippen LogP) is 1.49. The molecular formula is C7H14ClNO. The Kier molecular flexibility index (Phi) is 5.40. The zero-order chi connectivity index (χ0) is 6.53. The summed E-state index contributed by atoms with van der Waals surface area (Å²) in [6, 6.07) is 0. The summed E-state index contributed by atoms with van der Waals surface area (Å²) in [4.78, 5) is 10.7. The molecule has 10 heavy (non-hydrogen) atoms. The van der Waals surface area contributed by atoms with E-state index in [9.17, 15) is 4.79 Å². The van der Waals surface area contributed by atoms with Crippen molar-refractivity contribution in [3.05, 3.63) is 0 Å². The van der Waals surface area contributed by atoms with Gasteiger partial charge in [-0.3, -0.25) is 4.79 Å². The summed E-state index contributed by atoms with van der Waals surface area (Å²) in [7, 11) is 0. The Bertz CT molecular complexity index is 95.8. The van der Waals surface area contributed by atoms with E-state index in [1.807, 2.05) is 0 Å². The van der Waals surface area contributed by atoms with E-state index in [0.29, 0.717) is 0 Å². The molecule has 0 saturated carbocycles. The van der Waals surface area contributed by atoms with Gasteiger partial charge in [-0.25, -0.2) is 0 Å². The van der Waals surface area contributed by atoms with E-state index in [1.54, 1.807) is 0 Å². The molecule has 1 amide bonds. The van der Waals surface area contributed by atoms with Crippen molar-refractivity contribution in [3.63, 3.8) is 0 Å². The fourth-order valence-corrected chi connectivity index (χ4v) is 1.08. The van der Waals surface area contributed by atoms with Crippen LogP contribution in [0, 0.1) is 0 Å². The second-order valence-corrected chi connectivity index (χ2v) is 2.51. The van der Waals surface area contributed by atoms with Gasteiger partial charge in [0.25, 0.3) is 0 Å². The minimum absolute atomic E-state index is 0. The summed E-state index contributed by atoms with van der Waals surface area (Å²) in [6.45, 7) is 0.888. The number of hydrogen-bond acceptors (Lipinski definition) is 1. The van der Waals surface area contributed by atoms with Crippen molar-refractivity contribution in [1.29, 1.82) is 0 Å². The van der Waals surface area contributed by atoms with Gasteiger partial charge in [-0.15, -0.1) is 12.4 Å². The number of hydrogen-bond donors (Lipinski definition) is 1. The first-order valence-electron chi connectivity index (χ1n) is 3.66. The van der Waals surface area contributed by atoms with E-state index in [4.69, 9.17) is 0 Å². The molecule has 0 bridgehead atoms. The Balaban J connectivity index is 0.000000810. The smallest absolute Gasteiger partial charge is 0.219 e. The normalized spacial score (nSPS) is 19.8. The number of halogens is 1. The molecule has 0 atom stereocenters. The molecule has 2 nitrogen and oxygen atoms in total. The fraction of sp³-hybridized carbons (Fsp3) is 0.857. The molecule has 1 aliphatic rings. The molecular weight excluding hydrogens is 150 g/mol.